The predicted molar refractivity (Wildman–Crippen MR) is 75.8 cm³/mol. The number of aliphatic hydroxyl groups is 1. The van der Waals surface area contributed by atoms with Crippen molar-refractivity contribution >= 4 is 17.4 Å². The summed E-state index contributed by atoms with van der Waals surface area (Å²) in [6.45, 7) is 3.64. The quantitative estimate of drug-likeness (QED) is 0.638. The van der Waals surface area contributed by atoms with Crippen molar-refractivity contribution in [3.63, 3.8) is 0 Å². The molecule has 0 bridgehead atoms. The standard InChI is InChI=1S/C13H19N3O4/c1-9(17)7-8-15(3)13(18)14-11-5-4-6-12(10(11)2)16(19)20/h4-6,9,17H,7-8H2,1-3H3,(H,14,18). The summed E-state index contributed by atoms with van der Waals surface area (Å²) < 4.78 is 0. The number of amides is 2. The van der Waals surface area contributed by atoms with E-state index in [-0.39, 0.29) is 11.7 Å². The zero-order chi connectivity index (χ0) is 15.3. The molecule has 1 unspecified atom stereocenters. The number of hydrogen-bond donors (Lipinski definition) is 2. The van der Waals surface area contributed by atoms with Gasteiger partial charge in [0, 0.05) is 19.7 Å². The Balaban J connectivity index is 2.76. The number of nitrogens with one attached hydrogen (secondary N) is 1. The Morgan fingerprint density at radius 2 is 2.20 bits per heavy atom. The molecule has 110 valence electrons. The number of nitro benzene ring substituents is 1. The SMILES string of the molecule is Cc1c(NC(=O)N(C)CCC(C)O)cccc1[N+](=O)[O-]. The number of hydrogen-bond acceptors (Lipinski definition) is 4. The maximum atomic E-state index is 11.9. The Morgan fingerprint density at radius 1 is 1.55 bits per heavy atom. The van der Waals surface area contributed by atoms with Gasteiger partial charge in [0.1, 0.15) is 0 Å². The van der Waals surface area contributed by atoms with Crippen LogP contribution in [0.25, 0.3) is 0 Å². The van der Waals surface area contributed by atoms with Crippen LogP contribution < -0.4 is 5.32 Å². The molecule has 2 N–H and O–H groups in total. The second-order valence-electron chi connectivity index (χ2n) is 4.70. The number of carbonyl (C=O) groups excluding carboxylic acids is 1. The maximum absolute atomic E-state index is 11.9. The van der Waals surface area contributed by atoms with Crippen molar-refractivity contribution in [3.05, 3.63) is 33.9 Å². The highest BCUT2D eigenvalue weighted by Gasteiger charge is 2.16. The van der Waals surface area contributed by atoms with E-state index in [1.54, 1.807) is 27.0 Å². The van der Waals surface area contributed by atoms with Crippen LogP contribution in [0.4, 0.5) is 16.2 Å². The number of urea groups is 1. The number of nitro groups is 1. The van der Waals surface area contributed by atoms with E-state index in [0.717, 1.165) is 0 Å². The Bertz CT molecular complexity index is 502. The summed E-state index contributed by atoms with van der Waals surface area (Å²) >= 11 is 0. The number of benzene rings is 1. The molecule has 1 aromatic rings. The summed E-state index contributed by atoms with van der Waals surface area (Å²) in [6, 6.07) is 4.16. The van der Waals surface area contributed by atoms with Crippen LogP contribution in [0, 0.1) is 17.0 Å². The molecule has 2 amide bonds. The lowest BCUT2D eigenvalue weighted by Crippen LogP contribution is -2.33. The first-order valence-corrected chi connectivity index (χ1v) is 6.27. The molecule has 7 nitrogen and oxygen atoms in total. The molecule has 0 spiro atoms. The zero-order valence-corrected chi connectivity index (χ0v) is 11.8. The summed E-state index contributed by atoms with van der Waals surface area (Å²) in [6.07, 6.45) is -0.0116. The number of anilines is 1. The molecule has 0 aromatic heterocycles. The fourth-order valence-corrected chi connectivity index (χ4v) is 1.65. The van der Waals surface area contributed by atoms with Gasteiger partial charge >= 0.3 is 6.03 Å². The minimum Gasteiger partial charge on any atom is -0.393 e. The largest absolute Gasteiger partial charge is 0.393 e. The molecular formula is C13H19N3O4. The van der Waals surface area contributed by atoms with Gasteiger partial charge in [0.05, 0.1) is 22.3 Å². The topological polar surface area (TPSA) is 95.7 Å². The molecule has 1 atom stereocenters. The Hall–Kier alpha value is -2.15. The molecule has 7 heteroatoms. The van der Waals surface area contributed by atoms with E-state index < -0.39 is 11.0 Å². The van der Waals surface area contributed by atoms with E-state index in [9.17, 15) is 20.0 Å². The monoisotopic (exact) mass is 281 g/mol. The highest BCUT2D eigenvalue weighted by atomic mass is 16.6. The van der Waals surface area contributed by atoms with E-state index in [2.05, 4.69) is 5.32 Å². The smallest absolute Gasteiger partial charge is 0.321 e. The first kappa shape index (κ1) is 15.9. The van der Waals surface area contributed by atoms with Crippen LogP contribution in [0.15, 0.2) is 18.2 Å². The molecule has 0 saturated carbocycles. The van der Waals surface area contributed by atoms with E-state index in [4.69, 9.17) is 0 Å². The number of nitrogens with zero attached hydrogens (tertiary/aromatic N) is 2. The number of aliphatic hydroxyl groups excluding tert-OH is 1. The second-order valence-corrected chi connectivity index (χ2v) is 4.70. The summed E-state index contributed by atoms with van der Waals surface area (Å²) in [7, 11) is 1.60. The molecule has 0 aliphatic carbocycles. The lowest BCUT2D eigenvalue weighted by atomic mass is 10.1. The molecule has 1 rings (SSSR count). The first-order valence-electron chi connectivity index (χ1n) is 6.27. The van der Waals surface area contributed by atoms with Gasteiger partial charge in [0.15, 0.2) is 0 Å². The third kappa shape index (κ3) is 4.20. The number of rotatable bonds is 5. The average Bonchev–Trinajstić information content (AvgIpc) is 2.37. The van der Waals surface area contributed by atoms with Crippen LogP contribution in [0.3, 0.4) is 0 Å². The van der Waals surface area contributed by atoms with Crippen LogP contribution in [0.2, 0.25) is 0 Å². The molecule has 0 aliphatic rings. The maximum Gasteiger partial charge on any atom is 0.321 e. The van der Waals surface area contributed by atoms with E-state index in [0.29, 0.717) is 24.2 Å². The first-order chi connectivity index (χ1) is 9.32. The lowest BCUT2D eigenvalue weighted by Gasteiger charge is -2.19. The third-order valence-corrected chi connectivity index (χ3v) is 2.97. The predicted octanol–water partition coefficient (Wildman–Crippen LogP) is 2.14. The highest BCUT2D eigenvalue weighted by molar-refractivity contribution is 5.90. The molecule has 0 saturated heterocycles. The Labute approximate surface area is 117 Å². The van der Waals surface area contributed by atoms with Gasteiger partial charge in [-0.2, -0.15) is 0 Å². The molecule has 1 aromatic carbocycles. The summed E-state index contributed by atoms with van der Waals surface area (Å²) in [4.78, 5) is 23.7. The zero-order valence-electron chi connectivity index (χ0n) is 11.8. The second kappa shape index (κ2) is 6.85. The van der Waals surface area contributed by atoms with Gasteiger partial charge in [-0.3, -0.25) is 10.1 Å². The van der Waals surface area contributed by atoms with Crippen molar-refractivity contribution in [2.45, 2.75) is 26.4 Å². The summed E-state index contributed by atoms with van der Waals surface area (Å²) in [5.74, 6) is 0. The van der Waals surface area contributed by atoms with Crippen molar-refractivity contribution < 1.29 is 14.8 Å². The van der Waals surface area contributed by atoms with Crippen LogP contribution in [0.1, 0.15) is 18.9 Å². The van der Waals surface area contributed by atoms with Crippen molar-refractivity contribution in [1.82, 2.24) is 4.90 Å². The lowest BCUT2D eigenvalue weighted by molar-refractivity contribution is -0.385. The molecule has 0 radical (unpaired) electrons. The van der Waals surface area contributed by atoms with Gasteiger partial charge in [-0.05, 0) is 26.3 Å². The van der Waals surface area contributed by atoms with Crippen LogP contribution in [-0.4, -0.2) is 40.7 Å². The van der Waals surface area contributed by atoms with Crippen molar-refractivity contribution in [2.24, 2.45) is 0 Å². The van der Waals surface area contributed by atoms with E-state index in [1.807, 2.05) is 0 Å². The van der Waals surface area contributed by atoms with Gasteiger partial charge in [0.2, 0.25) is 0 Å². The van der Waals surface area contributed by atoms with E-state index >= 15 is 0 Å². The van der Waals surface area contributed by atoms with E-state index in [1.165, 1.54) is 17.0 Å². The molecule has 0 heterocycles. The highest BCUT2D eigenvalue weighted by Crippen LogP contribution is 2.25. The molecule has 0 aliphatic heterocycles. The molecular weight excluding hydrogens is 262 g/mol. The third-order valence-electron chi connectivity index (χ3n) is 2.97. The molecule has 20 heavy (non-hydrogen) atoms. The summed E-state index contributed by atoms with van der Waals surface area (Å²) in [5, 5.41) is 22.6. The van der Waals surface area contributed by atoms with Gasteiger partial charge in [0.25, 0.3) is 5.69 Å². The number of carbonyl (C=O) groups is 1. The minimum atomic E-state index is -0.484. The Morgan fingerprint density at radius 3 is 2.75 bits per heavy atom. The van der Waals surface area contributed by atoms with Crippen LogP contribution in [-0.2, 0) is 0 Å². The van der Waals surface area contributed by atoms with Gasteiger partial charge in [-0.1, -0.05) is 6.07 Å². The van der Waals surface area contributed by atoms with Gasteiger partial charge < -0.3 is 15.3 Å². The fourth-order valence-electron chi connectivity index (χ4n) is 1.65. The van der Waals surface area contributed by atoms with Crippen molar-refractivity contribution in [1.29, 1.82) is 0 Å². The fraction of sp³-hybridized carbons (Fsp3) is 0.462. The normalized spacial score (nSPS) is 11.8. The van der Waals surface area contributed by atoms with Gasteiger partial charge in [-0.25, -0.2) is 4.79 Å². The minimum absolute atomic E-state index is 0.0329. The van der Waals surface area contributed by atoms with Gasteiger partial charge in [-0.15, -0.1) is 0 Å². The average molecular weight is 281 g/mol. The Kier molecular flexibility index (Phi) is 5.45. The van der Waals surface area contributed by atoms with Crippen molar-refractivity contribution in [2.75, 3.05) is 18.9 Å². The van der Waals surface area contributed by atoms with Crippen LogP contribution >= 0.6 is 0 Å². The van der Waals surface area contributed by atoms with Crippen LogP contribution in [0.5, 0.6) is 0 Å². The van der Waals surface area contributed by atoms with Crippen molar-refractivity contribution in [3.8, 4) is 0 Å². The molecule has 0 fully saturated rings. The summed E-state index contributed by atoms with van der Waals surface area (Å²) in [5.41, 5.74) is 0.789.